The third-order valence-corrected chi connectivity index (χ3v) is 7.21. The van der Waals surface area contributed by atoms with Crippen molar-refractivity contribution in [1.29, 1.82) is 0 Å². The number of carbonyl (C=O) groups excluding carboxylic acids is 3. The van der Waals surface area contributed by atoms with Gasteiger partial charge in [0.05, 0.1) is 12.2 Å². The molecule has 2 fully saturated rings. The molecular weight excluding hydrogens is 510 g/mol. The van der Waals surface area contributed by atoms with Crippen LogP contribution in [0.5, 0.6) is 11.5 Å². The number of aromatic nitrogens is 1. The van der Waals surface area contributed by atoms with Gasteiger partial charge in [-0.05, 0) is 61.9 Å². The monoisotopic (exact) mass is 544 g/mol. The first-order valence-electron chi connectivity index (χ1n) is 13.1. The summed E-state index contributed by atoms with van der Waals surface area (Å²) in [7, 11) is 1.69. The molecule has 0 bridgehead atoms. The number of likely N-dealkylation sites (tertiary alicyclic amines) is 1. The Balaban J connectivity index is 1.41. The van der Waals surface area contributed by atoms with Crippen molar-refractivity contribution in [1.82, 2.24) is 20.1 Å². The van der Waals surface area contributed by atoms with Crippen LogP contribution in [0.3, 0.4) is 0 Å². The maximum absolute atomic E-state index is 12.9. The number of pyridine rings is 1. The second kappa shape index (κ2) is 12.4. The Morgan fingerprint density at radius 2 is 1.95 bits per heavy atom. The molecule has 2 unspecified atom stereocenters. The highest BCUT2D eigenvalue weighted by Crippen LogP contribution is 2.38. The number of hydrogen-bond acceptors (Lipinski definition) is 6. The molecule has 1 aliphatic carbocycles. The molecule has 11 heteroatoms. The lowest BCUT2D eigenvalue weighted by molar-refractivity contribution is -0.129. The number of amides is 3. The van der Waals surface area contributed by atoms with Crippen molar-refractivity contribution < 1.29 is 32.6 Å². The Hall–Kier alpha value is -3.76. The summed E-state index contributed by atoms with van der Waals surface area (Å²) in [5.41, 5.74) is 1.41. The van der Waals surface area contributed by atoms with Crippen molar-refractivity contribution in [2.24, 2.45) is 5.92 Å². The number of hydrogen-bond donors (Lipinski definition) is 1. The molecule has 1 N–H and O–H groups in total. The molecule has 210 valence electrons. The normalized spacial score (nSPS) is 18.7. The topological polar surface area (TPSA) is 101 Å². The lowest BCUT2D eigenvalue weighted by Crippen LogP contribution is -2.42. The Labute approximate surface area is 226 Å². The van der Waals surface area contributed by atoms with Gasteiger partial charge in [0, 0.05) is 51.8 Å². The highest BCUT2D eigenvalue weighted by atomic mass is 19.3. The third kappa shape index (κ3) is 7.21. The van der Waals surface area contributed by atoms with E-state index in [4.69, 9.17) is 4.74 Å². The van der Waals surface area contributed by atoms with E-state index in [2.05, 4.69) is 15.0 Å². The minimum absolute atomic E-state index is 0.0128. The van der Waals surface area contributed by atoms with Gasteiger partial charge in [0.1, 0.15) is 5.69 Å². The van der Waals surface area contributed by atoms with Crippen LogP contribution in [0.2, 0.25) is 0 Å². The number of nitrogens with zero attached hydrogens (tertiary/aromatic N) is 3. The van der Waals surface area contributed by atoms with Gasteiger partial charge in [0.2, 0.25) is 5.91 Å². The van der Waals surface area contributed by atoms with Gasteiger partial charge in [-0.3, -0.25) is 19.4 Å². The molecule has 1 aromatic heterocycles. The number of halogens is 2. The van der Waals surface area contributed by atoms with Crippen LogP contribution in [0.15, 0.2) is 36.5 Å². The average Bonchev–Trinajstić information content (AvgIpc) is 3.66. The van der Waals surface area contributed by atoms with E-state index in [0.29, 0.717) is 37.6 Å². The van der Waals surface area contributed by atoms with E-state index in [1.807, 2.05) is 6.92 Å². The van der Waals surface area contributed by atoms with Crippen molar-refractivity contribution in [2.45, 2.75) is 51.7 Å². The van der Waals surface area contributed by atoms with Crippen molar-refractivity contribution in [3.05, 3.63) is 53.3 Å². The number of carbonyl (C=O) groups is 3. The number of benzene rings is 1. The zero-order chi connectivity index (χ0) is 28.1. The summed E-state index contributed by atoms with van der Waals surface area (Å²) in [6.45, 7) is 2.02. The van der Waals surface area contributed by atoms with Crippen LogP contribution in [0.4, 0.5) is 8.78 Å². The molecule has 4 rings (SSSR count). The number of ether oxygens (including phenoxy) is 2. The zero-order valence-corrected chi connectivity index (χ0v) is 22.4. The summed E-state index contributed by atoms with van der Waals surface area (Å²) in [6, 6.07) is 7.71. The number of nitrogens with one attached hydrogen (secondary N) is 1. The van der Waals surface area contributed by atoms with Crippen LogP contribution in [0, 0.1) is 5.92 Å². The first kappa shape index (κ1) is 28.3. The second-order valence-electron chi connectivity index (χ2n) is 10.1. The van der Waals surface area contributed by atoms with E-state index in [1.165, 1.54) is 25.3 Å². The fourth-order valence-electron chi connectivity index (χ4n) is 4.63. The average molecular weight is 545 g/mol. The number of rotatable bonds is 11. The van der Waals surface area contributed by atoms with Crippen LogP contribution in [0.1, 0.15) is 65.4 Å². The summed E-state index contributed by atoms with van der Waals surface area (Å²) in [5, 5.41) is 2.84. The standard InChI is InChI=1S/C28H34F2N4O5/c1-4-33(3)27(37)20-7-9-23(31-13-20)26(36)32-14-22-11-21(15-34(22)17(2)35)19-8-10-24(39-28(29)30)25(12-19)38-16-18-5-6-18/h7-10,12-13,18,21-22,28H,4-6,11,14-16H2,1-3H3,(H,32,36). The number of alkyl halides is 2. The van der Waals surface area contributed by atoms with Gasteiger partial charge in [0.25, 0.3) is 11.8 Å². The minimum atomic E-state index is -2.96. The summed E-state index contributed by atoms with van der Waals surface area (Å²) in [4.78, 5) is 44.8. The van der Waals surface area contributed by atoms with Crippen molar-refractivity contribution in [2.75, 3.05) is 33.3 Å². The van der Waals surface area contributed by atoms with E-state index in [9.17, 15) is 23.2 Å². The van der Waals surface area contributed by atoms with Gasteiger partial charge in [-0.1, -0.05) is 6.07 Å². The van der Waals surface area contributed by atoms with Gasteiger partial charge < -0.3 is 24.6 Å². The molecular formula is C28H34F2N4O5. The van der Waals surface area contributed by atoms with Gasteiger partial charge in [-0.25, -0.2) is 0 Å². The maximum Gasteiger partial charge on any atom is 0.387 e. The highest BCUT2D eigenvalue weighted by molar-refractivity contribution is 5.96. The largest absolute Gasteiger partial charge is 0.489 e. The molecule has 1 saturated heterocycles. The Morgan fingerprint density at radius 3 is 2.56 bits per heavy atom. The lowest BCUT2D eigenvalue weighted by Gasteiger charge is -2.23. The molecule has 0 spiro atoms. The Bertz CT molecular complexity index is 1190. The summed E-state index contributed by atoms with van der Waals surface area (Å²) >= 11 is 0. The maximum atomic E-state index is 12.9. The third-order valence-electron chi connectivity index (χ3n) is 7.21. The Kier molecular flexibility index (Phi) is 8.98. The summed E-state index contributed by atoms with van der Waals surface area (Å²) < 4.78 is 36.3. The van der Waals surface area contributed by atoms with Crippen LogP contribution >= 0.6 is 0 Å². The van der Waals surface area contributed by atoms with E-state index >= 15 is 0 Å². The van der Waals surface area contributed by atoms with Gasteiger partial charge in [-0.15, -0.1) is 0 Å². The van der Waals surface area contributed by atoms with Crippen LogP contribution in [-0.2, 0) is 4.79 Å². The molecule has 2 aliphatic rings. The Morgan fingerprint density at radius 1 is 1.18 bits per heavy atom. The zero-order valence-electron chi connectivity index (χ0n) is 22.4. The molecule has 9 nitrogen and oxygen atoms in total. The summed E-state index contributed by atoms with van der Waals surface area (Å²) in [6.07, 6.45) is 4.06. The molecule has 0 radical (unpaired) electrons. The quantitative estimate of drug-likeness (QED) is 0.463. The van der Waals surface area contributed by atoms with E-state index in [-0.39, 0.29) is 47.5 Å². The first-order valence-corrected chi connectivity index (χ1v) is 13.1. The molecule has 2 atom stereocenters. The SMILES string of the molecule is CCN(C)C(=O)c1ccc(C(=O)NCC2CC(c3ccc(OC(F)F)c(OCC4CC4)c3)CN2C(C)=O)nc1. The molecule has 2 aromatic rings. The molecule has 1 saturated carbocycles. The van der Waals surface area contributed by atoms with Gasteiger partial charge in [0.15, 0.2) is 11.5 Å². The van der Waals surface area contributed by atoms with Crippen molar-refractivity contribution in [3.63, 3.8) is 0 Å². The molecule has 2 heterocycles. The van der Waals surface area contributed by atoms with E-state index in [0.717, 1.165) is 18.4 Å². The fraction of sp³-hybridized carbons (Fsp3) is 0.500. The van der Waals surface area contributed by atoms with E-state index in [1.54, 1.807) is 35.0 Å². The van der Waals surface area contributed by atoms with Crippen LogP contribution < -0.4 is 14.8 Å². The molecule has 39 heavy (non-hydrogen) atoms. The minimum Gasteiger partial charge on any atom is -0.489 e. The van der Waals surface area contributed by atoms with Crippen molar-refractivity contribution >= 4 is 17.7 Å². The molecule has 3 amide bonds. The fourth-order valence-corrected chi connectivity index (χ4v) is 4.63. The summed E-state index contributed by atoms with van der Waals surface area (Å²) in [5.74, 6) is -0.0935. The van der Waals surface area contributed by atoms with Gasteiger partial charge in [-0.2, -0.15) is 8.78 Å². The molecule has 1 aliphatic heterocycles. The van der Waals surface area contributed by atoms with Crippen LogP contribution in [-0.4, -0.2) is 78.4 Å². The van der Waals surface area contributed by atoms with Gasteiger partial charge >= 0.3 is 6.61 Å². The predicted octanol–water partition coefficient (Wildman–Crippen LogP) is 3.70. The van der Waals surface area contributed by atoms with Crippen LogP contribution in [0.25, 0.3) is 0 Å². The first-order chi connectivity index (χ1) is 18.7. The highest BCUT2D eigenvalue weighted by Gasteiger charge is 2.35. The predicted molar refractivity (Wildman–Crippen MR) is 139 cm³/mol. The lowest BCUT2D eigenvalue weighted by atomic mass is 9.96. The van der Waals surface area contributed by atoms with Crippen molar-refractivity contribution in [3.8, 4) is 11.5 Å². The van der Waals surface area contributed by atoms with E-state index < -0.39 is 12.5 Å². The smallest absolute Gasteiger partial charge is 0.387 e. The molecule has 1 aromatic carbocycles. The second-order valence-corrected chi connectivity index (χ2v) is 10.1.